The van der Waals surface area contributed by atoms with Gasteiger partial charge in [0, 0.05) is 23.5 Å². The Kier molecular flexibility index (Phi) is 2.94. The SMILES string of the molecule is CN1C[C@H]2C[C@H](c3nc4cc(Br)ccc4s3)C[C@H]2C1. The molecule has 0 unspecified atom stereocenters. The number of nitrogens with zero attached hydrogens (tertiary/aromatic N) is 2. The van der Waals surface area contributed by atoms with E-state index < -0.39 is 0 Å². The van der Waals surface area contributed by atoms with Crippen molar-refractivity contribution in [2.45, 2.75) is 18.8 Å². The van der Waals surface area contributed by atoms with Crippen molar-refractivity contribution in [2.75, 3.05) is 20.1 Å². The predicted octanol–water partition coefficient (Wildman–Crippen LogP) is 4.11. The Morgan fingerprint density at radius 3 is 2.74 bits per heavy atom. The molecule has 19 heavy (non-hydrogen) atoms. The van der Waals surface area contributed by atoms with E-state index in [1.54, 1.807) is 0 Å². The van der Waals surface area contributed by atoms with E-state index in [2.05, 4.69) is 46.1 Å². The fourth-order valence-electron chi connectivity index (χ4n) is 3.83. The monoisotopic (exact) mass is 336 g/mol. The van der Waals surface area contributed by atoms with Crippen LogP contribution in [-0.2, 0) is 0 Å². The smallest absolute Gasteiger partial charge is 0.0969 e. The van der Waals surface area contributed by atoms with Crippen LogP contribution in [0, 0.1) is 11.8 Å². The average molecular weight is 337 g/mol. The minimum absolute atomic E-state index is 0.708. The molecule has 2 aromatic rings. The molecule has 2 heterocycles. The van der Waals surface area contributed by atoms with Crippen molar-refractivity contribution in [3.8, 4) is 0 Å². The minimum atomic E-state index is 0.708. The van der Waals surface area contributed by atoms with E-state index in [4.69, 9.17) is 4.98 Å². The van der Waals surface area contributed by atoms with Gasteiger partial charge in [0.15, 0.2) is 0 Å². The Morgan fingerprint density at radius 2 is 2.00 bits per heavy atom. The summed E-state index contributed by atoms with van der Waals surface area (Å²) in [5, 5.41) is 1.37. The third kappa shape index (κ3) is 2.14. The van der Waals surface area contributed by atoms with Gasteiger partial charge in [0.25, 0.3) is 0 Å². The van der Waals surface area contributed by atoms with Crippen LogP contribution in [0.3, 0.4) is 0 Å². The third-order valence-electron chi connectivity index (χ3n) is 4.65. The van der Waals surface area contributed by atoms with Gasteiger partial charge in [-0.2, -0.15) is 0 Å². The molecule has 2 fully saturated rings. The highest BCUT2D eigenvalue weighted by atomic mass is 79.9. The Labute approximate surface area is 126 Å². The Balaban J connectivity index is 1.62. The van der Waals surface area contributed by atoms with Gasteiger partial charge in [0.05, 0.1) is 15.2 Å². The molecule has 0 N–H and O–H groups in total. The highest BCUT2D eigenvalue weighted by Crippen LogP contribution is 2.47. The molecular formula is C15H17BrN2S. The van der Waals surface area contributed by atoms with Gasteiger partial charge in [0.1, 0.15) is 0 Å². The molecule has 0 bridgehead atoms. The maximum absolute atomic E-state index is 4.88. The van der Waals surface area contributed by atoms with Gasteiger partial charge in [-0.3, -0.25) is 0 Å². The van der Waals surface area contributed by atoms with Crippen molar-refractivity contribution in [2.24, 2.45) is 11.8 Å². The lowest BCUT2D eigenvalue weighted by Crippen LogP contribution is -2.16. The van der Waals surface area contributed by atoms with Gasteiger partial charge in [-0.25, -0.2) is 4.98 Å². The van der Waals surface area contributed by atoms with Crippen LogP contribution in [0.25, 0.3) is 10.2 Å². The predicted molar refractivity (Wildman–Crippen MR) is 83.8 cm³/mol. The molecule has 0 radical (unpaired) electrons. The zero-order valence-corrected chi connectivity index (χ0v) is 13.4. The van der Waals surface area contributed by atoms with Crippen LogP contribution in [0.15, 0.2) is 22.7 Å². The topological polar surface area (TPSA) is 16.1 Å². The number of benzene rings is 1. The summed E-state index contributed by atoms with van der Waals surface area (Å²) < 4.78 is 2.45. The molecule has 1 saturated heterocycles. The zero-order chi connectivity index (χ0) is 13.0. The molecule has 0 amide bonds. The zero-order valence-electron chi connectivity index (χ0n) is 11.0. The van der Waals surface area contributed by atoms with Gasteiger partial charge in [0.2, 0.25) is 0 Å². The average Bonchev–Trinajstić information content (AvgIpc) is 2.99. The first kappa shape index (κ1) is 12.3. The standard InChI is InChI=1S/C15H17BrN2S/c1-18-7-10-4-9(5-11(10)8-18)15-17-13-6-12(16)2-3-14(13)19-15/h2-3,6,9-11H,4-5,7-8H2,1H3/t9-,10+,11-. The number of rotatable bonds is 1. The number of fused-ring (bicyclic) bond motifs is 2. The van der Waals surface area contributed by atoms with E-state index in [-0.39, 0.29) is 0 Å². The molecule has 2 aliphatic rings. The molecule has 4 rings (SSSR count). The lowest BCUT2D eigenvalue weighted by molar-refractivity contribution is 0.371. The summed E-state index contributed by atoms with van der Waals surface area (Å²) >= 11 is 5.43. The van der Waals surface area contributed by atoms with Crippen molar-refractivity contribution in [1.82, 2.24) is 9.88 Å². The van der Waals surface area contributed by atoms with E-state index in [1.807, 2.05) is 11.3 Å². The van der Waals surface area contributed by atoms with Crippen LogP contribution in [-0.4, -0.2) is 30.0 Å². The summed E-state index contributed by atoms with van der Waals surface area (Å²) in [5.41, 5.74) is 1.16. The summed E-state index contributed by atoms with van der Waals surface area (Å²) in [6.45, 7) is 2.58. The molecule has 1 aromatic carbocycles. The van der Waals surface area contributed by atoms with Gasteiger partial charge in [-0.05, 0) is 49.9 Å². The second-order valence-electron chi connectivity index (χ2n) is 6.07. The molecule has 0 spiro atoms. The number of aromatic nitrogens is 1. The van der Waals surface area contributed by atoms with E-state index >= 15 is 0 Å². The first-order valence-corrected chi connectivity index (χ1v) is 8.54. The lowest BCUT2D eigenvalue weighted by Gasteiger charge is -2.12. The van der Waals surface area contributed by atoms with Crippen molar-refractivity contribution in [3.05, 3.63) is 27.7 Å². The fourth-order valence-corrected chi connectivity index (χ4v) is 5.25. The van der Waals surface area contributed by atoms with Gasteiger partial charge in [-0.15, -0.1) is 11.3 Å². The summed E-state index contributed by atoms with van der Waals surface area (Å²) in [5.74, 6) is 2.53. The van der Waals surface area contributed by atoms with Gasteiger partial charge < -0.3 is 4.90 Å². The summed E-state index contributed by atoms with van der Waals surface area (Å²) in [6, 6.07) is 6.44. The van der Waals surface area contributed by atoms with E-state index in [0.717, 1.165) is 21.8 Å². The molecule has 2 nitrogen and oxygen atoms in total. The Hall–Kier alpha value is -0.450. The van der Waals surface area contributed by atoms with Crippen LogP contribution >= 0.6 is 27.3 Å². The molecule has 1 aromatic heterocycles. The Bertz CT molecular complexity index is 610. The molecule has 100 valence electrons. The van der Waals surface area contributed by atoms with Gasteiger partial charge >= 0.3 is 0 Å². The third-order valence-corrected chi connectivity index (χ3v) is 6.34. The lowest BCUT2D eigenvalue weighted by atomic mass is 10.0. The highest BCUT2D eigenvalue weighted by molar-refractivity contribution is 9.10. The van der Waals surface area contributed by atoms with Crippen molar-refractivity contribution >= 4 is 37.5 Å². The van der Waals surface area contributed by atoms with Crippen LogP contribution in [0.4, 0.5) is 0 Å². The van der Waals surface area contributed by atoms with Crippen molar-refractivity contribution in [1.29, 1.82) is 0 Å². The normalized spacial score (nSPS) is 31.2. The molecule has 1 aliphatic carbocycles. The quantitative estimate of drug-likeness (QED) is 0.778. The molecule has 1 saturated carbocycles. The molecular weight excluding hydrogens is 320 g/mol. The van der Waals surface area contributed by atoms with Crippen LogP contribution in [0.1, 0.15) is 23.8 Å². The Morgan fingerprint density at radius 1 is 1.26 bits per heavy atom. The number of hydrogen-bond acceptors (Lipinski definition) is 3. The summed E-state index contributed by atoms with van der Waals surface area (Å²) in [6.07, 6.45) is 2.69. The number of hydrogen-bond donors (Lipinski definition) is 0. The number of thiazole rings is 1. The number of halogens is 1. The largest absolute Gasteiger partial charge is 0.306 e. The van der Waals surface area contributed by atoms with E-state index in [0.29, 0.717) is 5.92 Å². The van der Waals surface area contributed by atoms with E-state index in [1.165, 1.54) is 35.6 Å². The molecule has 1 aliphatic heterocycles. The van der Waals surface area contributed by atoms with Crippen LogP contribution in [0.5, 0.6) is 0 Å². The fraction of sp³-hybridized carbons (Fsp3) is 0.533. The van der Waals surface area contributed by atoms with Crippen LogP contribution in [0.2, 0.25) is 0 Å². The summed E-state index contributed by atoms with van der Waals surface area (Å²) in [4.78, 5) is 7.36. The maximum atomic E-state index is 4.88. The number of likely N-dealkylation sites (tertiary alicyclic amines) is 1. The molecule has 4 heteroatoms. The maximum Gasteiger partial charge on any atom is 0.0969 e. The van der Waals surface area contributed by atoms with Crippen molar-refractivity contribution in [3.63, 3.8) is 0 Å². The first-order valence-electron chi connectivity index (χ1n) is 6.93. The van der Waals surface area contributed by atoms with Crippen molar-refractivity contribution < 1.29 is 0 Å². The first-order chi connectivity index (χ1) is 9.19. The van der Waals surface area contributed by atoms with Crippen LogP contribution < -0.4 is 0 Å². The van der Waals surface area contributed by atoms with E-state index in [9.17, 15) is 0 Å². The molecule has 3 atom stereocenters. The highest BCUT2D eigenvalue weighted by Gasteiger charge is 2.41. The second-order valence-corrected chi connectivity index (χ2v) is 8.05. The minimum Gasteiger partial charge on any atom is -0.306 e. The van der Waals surface area contributed by atoms with Gasteiger partial charge in [-0.1, -0.05) is 15.9 Å². The second kappa shape index (κ2) is 4.54. The summed E-state index contributed by atoms with van der Waals surface area (Å²) in [7, 11) is 2.25.